The van der Waals surface area contributed by atoms with E-state index in [1.807, 2.05) is 0 Å². The summed E-state index contributed by atoms with van der Waals surface area (Å²) >= 11 is 11.8. The predicted octanol–water partition coefficient (Wildman–Crippen LogP) is 4.32. The summed E-state index contributed by atoms with van der Waals surface area (Å²) < 4.78 is 12.9. The SMILES string of the molecule is CCCCN(CCCl)Cc1ccc(F)cc1Cl. The maximum absolute atomic E-state index is 12.9. The average Bonchev–Trinajstić information content (AvgIpc) is 2.29. The highest BCUT2D eigenvalue weighted by Gasteiger charge is 2.08. The number of rotatable bonds is 7. The first kappa shape index (κ1) is 14.7. The van der Waals surface area contributed by atoms with Crippen LogP contribution in [-0.4, -0.2) is 23.9 Å². The zero-order chi connectivity index (χ0) is 12.7. The molecule has 0 saturated carbocycles. The van der Waals surface area contributed by atoms with Crippen molar-refractivity contribution in [2.75, 3.05) is 19.0 Å². The van der Waals surface area contributed by atoms with Crippen molar-refractivity contribution >= 4 is 23.2 Å². The second kappa shape index (κ2) is 7.91. The maximum Gasteiger partial charge on any atom is 0.124 e. The van der Waals surface area contributed by atoms with Gasteiger partial charge in [0.1, 0.15) is 5.82 Å². The van der Waals surface area contributed by atoms with E-state index in [0.717, 1.165) is 38.0 Å². The summed E-state index contributed by atoms with van der Waals surface area (Å²) in [6.07, 6.45) is 2.28. The lowest BCUT2D eigenvalue weighted by molar-refractivity contribution is 0.277. The first-order chi connectivity index (χ1) is 8.17. The summed E-state index contributed by atoms with van der Waals surface area (Å²) in [4.78, 5) is 2.25. The Balaban J connectivity index is 2.64. The van der Waals surface area contributed by atoms with E-state index in [4.69, 9.17) is 23.2 Å². The Labute approximate surface area is 113 Å². The first-order valence-corrected chi connectivity index (χ1v) is 6.81. The fourth-order valence-electron chi connectivity index (χ4n) is 1.66. The largest absolute Gasteiger partial charge is 0.298 e. The normalized spacial score (nSPS) is 11.1. The molecule has 0 aliphatic rings. The van der Waals surface area contributed by atoms with Crippen LogP contribution in [0.25, 0.3) is 0 Å². The van der Waals surface area contributed by atoms with Crippen LogP contribution in [0.4, 0.5) is 4.39 Å². The van der Waals surface area contributed by atoms with E-state index in [1.165, 1.54) is 12.1 Å². The summed E-state index contributed by atoms with van der Waals surface area (Å²) in [6, 6.07) is 4.54. The van der Waals surface area contributed by atoms with Crippen molar-refractivity contribution in [2.24, 2.45) is 0 Å². The Kier molecular flexibility index (Phi) is 6.86. The van der Waals surface area contributed by atoms with Gasteiger partial charge in [-0.3, -0.25) is 4.90 Å². The highest BCUT2D eigenvalue weighted by molar-refractivity contribution is 6.31. The van der Waals surface area contributed by atoms with E-state index in [9.17, 15) is 4.39 Å². The molecule has 0 aliphatic heterocycles. The van der Waals surface area contributed by atoms with Crippen LogP contribution in [-0.2, 0) is 6.54 Å². The second-order valence-corrected chi connectivity index (χ2v) is 4.84. The van der Waals surface area contributed by atoms with Crippen LogP contribution >= 0.6 is 23.2 Å². The molecule has 0 bridgehead atoms. The third kappa shape index (κ3) is 5.24. The highest BCUT2D eigenvalue weighted by Crippen LogP contribution is 2.19. The van der Waals surface area contributed by atoms with Crippen LogP contribution in [0.2, 0.25) is 5.02 Å². The molecule has 1 aromatic rings. The van der Waals surface area contributed by atoms with Crippen molar-refractivity contribution in [3.05, 3.63) is 34.6 Å². The Morgan fingerprint density at radius 3 is 2.65 bits per heavy atom. The Morgan fingerprint density at radius 1 is 1.29 bits per heavy atom. The third-order valence-corrected chi connectivity index (χ3v) is 3.16. The first-order valence-electron chi connectivity index (χ1n) is 5.89. The van der Waals surface area contributed by atoms with Crippen molar-refractivity contribution in [1.29, 1.82) is 0 Å². The second-order valence-electron chi connectivity index (χ2n) is 4.05. The molecule has 0 amide bonds. The highest BCUT2D eigenvalue weighted by atomic mass is 35.5. The maximum atomic E-state index is 12.9. The standard InChI is InChI=1S/C13H18Cl2FN/c1-2-3-7-17(8-6-14)10-11-4-5-12(16)9-13(11)15/h4-5,9H,2-3,6-8,10H2,1H3. The van der Waals surface area contributed by atoms with E-state index in [2.05, 4.69) is 11.8 Å². The molecule has 96 valence electrons. The van der Waals surface area contributed by atoms with Crippen LogP contribution in [0.3, 0.4) is 0 Å². The van der Waals surface area contributed by atoms with Gasteiger partial charge in [-0.1, -0.05) is 31.0 Å². The molecule has 1 nitrogen and oxygen atoms in total. The van der Waals surface area contributed by atoms with Crippen molar-refractivity contribution in [3.8, 4) is 0 Å². The lowest BCUT2D eigenvalue weighted by Gasteiger charge is -2.21. The number of hydrogen-bond acceptors (Lipinski definition) is 1. The summed E-state index contributed by atoms with van der Waals surface area (Å²) in [7, 11) is 0. The van der Waals surface area contributed by atoms with Gasteiger partial charge < -0.3 is 0 Å². The monoisotopic (exact) mass is 277 g/mol. The van der Waals surface area contributed by atoms with Gasteiger partial charge in [-0.05, 0) is 30.7 Å². The van der Waals surface area contributed by atoms with Crippen molar-refractivity contribution in [2.45, 2.75) is 26.3 Å². The fourth-order valence-corrected chi connectivity index (χ4v) is 2.13. The molecule has 0 spiro atoms. The lowest BCUT2D eigenvalue weighted by atomic mass is 10.2. The Bertz CT molecular complexity index is 344. The van der Waals surface area contributed by atoms with Gasteiger partial charge in [0.05, 0.1) is 0 Å². The topological polar surface area (TPSA) is 3.24 Å². The van der Waals surface area contributed by atoms with Crippen molar-refractivity contribution < 1.29 is 4.39 Å². The minimum Gasteiger partial charge on any atom is -0.298 e. The van der Waals surface area contributed by atoms with Crippen LogP contribution in [0.15, 0.2) is 18.2 Å². The molecular weight excluding hydrogens is 260 g/mol. The van der Waals surface area contributed by atoms with Crippen LogP contribution < -0.4 is 0 Å². The van der Waals surface area contributed by atoms with Gasteiger partial charge in [0, 0.05) is 24.0 Å². The molecule has 0 aromatic heterocycles. The van der Waals surface area contributed by atoms with Gasteiger partial charge in [0.15, 0.2) is 0 Å². The number of benzene rings is 1. The molecule has 0 heterocycles. The molecule has 0 fully saturated rings. The number of alkyl halides is 1. The molecule has 0 N–H and O–H groups in total. The van der Waals surface area contributed by atoms with Gasteiger partial charge in [-0.2, -0.15) is 0 Å². The summed E-state index contributed by atoms with van der Waals surface area (Å²) in [5, 5.41) is 0.487. The molecule has 4 heteroatoms. The van der Waals surface area contributed by atoms with Crippen LogP contribution in [0, 0.1) is 5.82 Å². The summed E-state index contributed by atoms with van der Waals surface area (Å²) in [5.41, 5.74) is 0.953. The molecule has 17 heavy (non-hydrogen) atoms. The molecule has 1 rings (SSSR count). The number of hydrogen-bond donors (Lipinski definition) is 0. The zero-order valence-electron chi connectivity index (χ0n) is 10.1. The number of halogens is 3. The molecule has 0 saturated heterocycles. The average molecular weight is 278 g/mol. The molecule has 1 aromatic carbocycles. The molecule has 0 radical (unpaired) electrons. The molecule has 0 aliphatic carbocycles. The van der Waals surface area contributed by atoms with Gasteiger partial charge in [0.25, 0.3) is 0 Å². The third-order valence-electron chi connectivity index (χ3n) is 2.64. The van der Waals surface area contributed by atoms with Crippen LogP contribution in [0.1, 0.15) is 25.3 Å². The van der Waals surface area contributed by atoms with Crippen molar-refractivity contribution in [3.63, 3.8) is 0 Å². The molecule has 0 atom stereocenters. The minimum atomic E-state index is -0.295. The van der Waals surface area contributed by atoms with Gasteiger partial charge >= 0.3 is 0 Å². The fraction of sp³-hybridized carbons (Fsp3) is 0.538. The Hall–Kier alpha value is -0.310. The molecular formula is C13H18Cl2FN. The summed E-state index contributed by atoms with van der Waals surface area (Å²) in [6.45, 7) is 4.71. The van der Waals surface area contributed by atoms with Crippen molar-refractivity contribution in [1.82, 2.24) is 4.90 Å². The van der Waals surface area contributed by atoms with Gasteiger partial charge in [-0.15, -0.1) is 11.6 Å². The molecule has 0 unspecified atom stereocenters. The van der Waals surface area contributed by atoms with E-state index in [1.54, 1.807) is 6.07 Å². The number of unbranched alkanes of at least 4 members (excludes halogenated alkanes) is 1. The minimum absolute atomic E-state index is 0.295. The lowest BCUT2D eigenvalue weighted by Crippen LogP contribution is -2.26. The number of nitrogens with zero attached hydrogens (tertiary/aromatic N) is 1. The van der Waals surface area contributed by atoms with Gasteiger partial charge in [-0.25, -0.2) is 4.39 Å². The van der Waals surface area contributed by atoms with E-state index < -0.39 is 0 Å². The zero-order valence-corrected chi connectivity index (χ0v) is 11.6. The summed E-state index contributed by atoms with van der Waals surface area (Å²) in [5.74, 6) is 0.305. The van der Waals surface area contributed by atoms with E-state index >= 15 is 0 Å². The van der Waals surface area contributed by atoms with E-state index in [0.29, 0.717) is 10.9 Å². The van der Waals surface area contributed by atoms with E-state index in [-0.39, 0.29) is 5.82 Å². The predicted molar refractivity (Wildman–Crippen MR) is 72.3 cm³/mol. The Morgan fingerprint density at radius 2 is 2.06 bits per heavy atom. The smallest absolute Gasteiger partial charge is 0.124 e. The van der Waals surface area contributed by atoms with Crippen LogP contribution in [0.5, 0.6) is 0 Å². The quantitative estimate of drug-likeness (QED) is 0.671. The van der Waals surface area contributed by atoms with Gasteiger partial charge in [0.2, 0.25) is 0 Å².